The van der Waals surface area contributed by atoms with E-state index in [2.05, 4.69) is 4.98 Å². The van der Waals surface area contributed by atoms with E-state index in [0.29, 0.717) is 22.3 Å². The van der Waals surface area contributed by atoms with Gasteiger partial charge in [0.2, 0.25) is 0 Å². The molecule has 0 radical (unpaired) electrons. The molecule has 29 heavy (non-hydrogen) atoms. The van der Waals surface area contributed by atoms with Crippen molar-refractivity contribution in [3.8, 4) is 0 Å². The summed E-state index contributed by atoms with van der Waals surface area (Å²) in [5, 5.41) is 0.733. The standard InChI is InChI=1S/C22H16N2O4S/c1-22(18-10-4-3-9-17(18)21(25)28-22)20-13-15-7-2-5-11-19(15)24(20)29(26,27)16-8-6-12-23-14-16/h2-14H,1H3. The first-order valence-electron chi connectivity index (χ1n) is 9.02. The van der Waals surface area contributed by atoms with Crippen LogP contribution in [0.4, 0.5) is 0 Å². The summed E-state index contributed by atoms with van der Waals surface area (Å²) in [7, 11) is -3.99. The highest BCUT2D eigenvalue weighted by Gasteiger charge is 2.46. The van der Waals surface area contributed by atoms with Crippen LogP contribution in [-0.4, -0.2) is 23.3 Å². The van der Waals surface area contributed by atoms with Gasteiger partial charge in [0.25, 0.3) is 10.0 Å². The lowest BCUT2D eigenvalue weighted by Crippen LogP contribution is -2.29. The number of para-hydroxylation sites is 1. The maximum absolute atomic E-state index is 13.6. The van der Waals surface area contributed by atoms with Crippen LogP contribution in [0.2, 0.25) is 0 Å². The van der Waals surface area contributed by atoms with Crippen LogP contribution < -0.4 is 0 Å². The number of nitrogens with zero attached hydrogens (tertiary/aromatic N) is 2. The van der Waals surface area contributed by atoms with Crippen LogP contribution in [-0.2, 0) is 20.4 Å². The Hall–Kier alpha value is -3.45. The molecule has 2 aromatic heterocycles. The van der Waals surface area contributed by atoms with E-state index in [1.807, 2.05) is 18.2 Å². The number of carbonyl (C=O) groups is 1. The maximum Gasteiger partial charge on any atom is 0.339 e. The second-order valence-electron chi connectivity index (χ2n) is 7.01. The molecule has 0 spiro atoms. The van der Waals surface area contributed by atoms with Crippen molar-refractivity contribution >= 4 is 26.9 Å². The topological polar surface area (TPSA) is 78.3 Å². The molecule has 0 bridgehead atoms. The highest BCUT2D eigenvalue weighted by atomic mass is 32.2. The molecule has 2 aromatic carbocycles. The fourth-order valence-electron chi connectivity index (χ4n) is 3.89. The highest BCUT2D eigenvalue weighted by Crippen LogP contribution is 2.44. The zero-order chi connectivity index (χ0) is 20.2. The average Bonchev–Trinajstić information content (AvgIpc) is 3.26. The number of rotatable bonds is 3. The monoisotopic (exact) mass is 404 g/mol. The summed E-state index contributed by atoms with van der Waals surface area (Å²) in [4.78, 5) is 16.5. The quantitative estimate of drug-likeness (QED) is 0.487. The fourth-order valence-corrected chi connectivity index (χ4v) is 5.45. The first kappa shape index (κ1) is 17.6. The molecule has 1 atom stereocenters. The molecule has 0 saturated heterocycles. The number of esters is 1. The summed E-state index contributed by atoms with van der Waals surface area (Å²) in [5.41, 5.74) is 0.692. The number of hydrogen-bond acceptors (Lipinski definition) is 5. The highest BCUT2D eigenvalue weighted by molar-refractivity contribution is 7.90. The Morgan fingerprint density at radius 2 is 1.76 bits per heavy atom. The Morgan fingerprint density at radius 3 is 2.55 bits per heavy atom. The van der Waals surface area contributed by atoms with Gasteiger partial charge in [-0.3, -0.25) is 4.98 Å². The van der Waals surface area contributed by atoms with Gasteiger partial charge in [-0.05, 0) is 37.3 Å². The first-order chi connectivity index (χ1) is 13.9. The van der Waals surface area contributed by atoms with E-state index < -0.39 is 21.6 Å². The first-order valence-corrected chi connectivity index (χ1v) is 10.5. The number of ether oxygens (including phenoxy) is 1. The molecule has 0 N–H and O–H groups in total. The molecular formula is C22H16N2O4S. The van der Waals surface area contributed by atoms with Crippen molar-refractivity contribution in [3.63, 3.8) is 0 Å². The minimum atomic E-state index is -3.99. The van der Waals surface area contributed by atoms with Gasteiger partial charge >= 0.3 is 5.97 Å². The number of pyridine rings is 1. The lowest BCUT2D eigenvalue weighted by molar-refractivity contribution is 0.0163. The number of aromatic nitrogens is 2. The zero-order valence-corrected chi connectivity index (χ0v) is 16.3. The fraction of sp³-hybridized carbons (Fsp3) is 0.0909. The van der Waals surface area contributed by atoms with E-state index in [0.717, 1.165) is 5.39 Å². The van der Waals surface area contributed by atoms with Gasteiger partial charge in [-0.2, -0.15) is 0 Å². The molecule has 4 aromatic rings. The number of cyclic esters (lactones) is 1. The van der Waals surface area contributed by atoms with Gasteiger partial charge in [-0.25, -0.2) is 17.2 Å². The zero-order valence-electron chi connectivity index (χ0n) is 15.4. The molecule has 0 amide bonds. The maximum atomic E-state index is 13.6. The third kappa shape index (κ3) is 2.44. The second kappa shape index (κ2) is 6.02. The molecular weight excluding hydrogens is 388 g/mol. The van der Waals surface area contributed by atoms with Crippen LogP contribution in [0.5, 0.6) is 0 Å². The van der Waals surface area contributed by atoms with Crippen LogP contribution in [0.25, 0.3) is 10.9 Å². The van der Waals surface area contributed by atoms with E-state index >= 15 is 0 Å². The lowest BCUT2D eigenvalue weighted by atomic mass is 9.91. The van der Waals surface area contributed by atoms with Crippen molar-refractivity contribution in [1.82, 2.24) is 8.96 Å². The smallest absolute Gasteiger partial charge is 0.339 e. The van der Waals surface area contributed by atoms with Crippen molar-refractivity contribution in [2.45, 2.75) is 17.4 Å². The van der Waals surface area contributed by atoms with Crippen molar-refractivity contribution in [2.24, 2.45) is 0 Å². The van der Waals surface area contributed by atoms with Crippen LogP contribution in [0.15, 0.2) is 84.0 Å². The molecule has 0 saturated carbocycles. The predicted molar refractivity (Wildman–Crippen MR) is 107 cm³/mol. The van der Waals surface area contributed by atoms with Gasteiger partial charge in [0, 0.05) is 23.3 Å². The van der Waals surface area contributed by atoms with Crippen molar-refractivity contribution in [2.75, 3.05) is 0 Å². The van der Waals surface area contributed by atoms with Gasteiger partial charge in [-0.15, -0.1) is 0 Å². The van der Waals surface area contributed by atoms with Crippen LogP contribution in [0.3, 0.4) is 0 Å². The molecule has 0 aliphatic carbocycles. The number of hydrogen-bond donors (Lipinski definition) is 0. The van der Waals surface area contributed by atoms with Gasteiger partial charge in [0.05, 0.1) is 16.8 Å². The summed E-state index contributed by atoms with van der Waals surface area (Å²) in [6.45, 7) is 1.72. The summed E-state index contributed by atoms with van der Waals surface area (Å²) < 4.78 is 34.2. The Kier molecular flexibility index (Phi) is 3.66. The Bertz CT molecular complexity index is 1380. The number of benzene rings is 2. The van der Waals surface area contributed by atoms with Crippen LogP contribution in [0.1, 0.15) is 28.5 Å². The van der Waals surface area contributed by atoms with Gasteiger partial charge in [-0.1, -0.05) is 36.4 Å². The summed E-state index contributed by atoms with van der Waals surface area (Å²) >= 11 is 0. The molecule has 1 aliphatic rings. The molecule has 1 unspecified atom stereocenters. The minimum Gasteiger partial charge on any atom is -0.444 e. The summed E-state index contributed by atoms with van der Waals surface area (Å²) in [6, 6.07) is 19.1. The van der Waals surface area contributed by atoms with E-state index in [4.69, 9.17) is 4.74 Å². The molecule has 6 nitrogen and oxygen atoms in total. The summed E-state index contributed by atoms with van der Waals surface area (Å²) in [6.07, 6.45) is 2.83. The second-order valence-corrected chi connectivity index (χ2v) is 8.80. The van der Waals surface area contributed by atoms with Crippen molar-refractivity contribution in [1.29, 1.82) is 0 Å². The SMILES string of the molecule is CC1(c2cc3ccccc3n2S(=O)(=O)c2cccnc2)OC(=O)c2ccccc21. The van der Waals surface area contributed by atoms with E-state index in [1.165, 1.54) is 22.4 Å². The normalized spacial score (nSPS) is 18.6. The predicted octanol–water partition coefficient (Wildman–Crippen LogP) is 3.71. The van der Waals surface area contributed by atoms with Crippen LogP contribution in [0, 0.1) is 0 Å². The molecule has 5 rings (SSSR count). The van der Waals surface area contributed by atoms with Gasteiger partial charge in [0.15, 0.2) is 5.60 Å². The summed E-state index contributed by atoms with van der Waals surface area (Å²) in [5.74, 6) is -0.473. The van der Waals surface area contributed by atoms with Crippen LogP contribution >= 0.6 is 0 Å². The van der Waals surface area contributed by atoms with Crippen molar-refractivity contribution in [3.05, 3.63) is 95.9 Å². The Balaban J connectivity index is 1.86. The molecule has 3 heterocycles. The Labute approximate surface area is 167 Å². The van der Waals surface area contributed by atoms with Crippen molar-refractivity contribution < 1.29 is 17.9 Å². The number of carbonyl (C=O) groups excluding carboxylic acids is 1. The largest absolute Gasteiger partial charge is 0.444 e. The number of fused-ring (bicyclic) bond motifs is 2. The third-order valence-corrected chi connectivity index (χ3v) is 7.00. The molecule has 1 aliphatic heterocycles. The van der Waals surface area contributed by atoms with E-state index in [1.54, 1.807) is 49.4 Å². The molecule has 0 fully saturated rings. The molecule has 144 valence electrons. The average molecular weight is 404 g/mol. The third-order valence-electron chi connectivity index (χ3n) is 5.29. The Morgan fingerprint density at radius 1 is 1.00 bits per heavy atom. The molecule has 7 heteroatoms. The lowest BCUT2D eigenvalue weighted by Gasteiger charge is -2.26. The minimum absolute atomic E-state index is 0.0591. The van der Waals surface area contributed by atoms with Gasteiger partial charge in [0.1, 0.15) is 4.90 Å². The van der Waals surface area contributed by atoms with E-state index in [9.17, 15) is 13.2 Å². The van der Waals surface area contributed by atoms with Gasteiger partial charge < -0.3 is 4.74 Å². The van der Waals surface area contributed by atoms with E-state index in [-0.39, 0.29) is 4.90 Å².